The summed E-state index contributed by atoms with van der Waals surface area (Å²) in [6, 6.07) is 7.86. The molecule has 0 spiro atoms. The van der Waals surface area contributed by atoms with Crippen molar-refractivity contribution < 1.29 is 9.59 Å². The van der Waals surface area contributed by atoms with Crippen LogP contribution < -0.4 is 0 Å². The maximum Gasteiger partial charge on any atom is 0.246 e. The number of likely N-dealkylation sites (N-methyl/N-ethyl adjacent to an activating group) is 1. The molecule has 0 atom stereocenters. The van der Waals surface area contributed by atoms with E-state index in [0.29, 0.717) is 11.5 Å². The molecule has 0 unspecified atom stereocenters. The van der Waals surface area contributed by atoms with Gasteiger partial charge in [-0.15, -0.1) is 0 Å². The number of carbonyl (C=O) groups is 2. The standard InChI is InChI=1S/C18H23NO2/c1-19(2)18(21)13-12-17(20)16-10-8-15(9-11-16)14-6-4-3-5-7-14/h8-14H,3-7H2,1-2H3/b13-12+. The van der Waals surface area contributed by atoms with Crippen LogP contribution in [0.25, 0.3) is 0 Å². The van der Waals surface area contributed by atoms with Crippen molar-refractivity contribution in [2.45, 2.75) is 38.0 Å². The van der Waals surface area contributed by atoms with E-state index in [4.69, 9.17) is 0 Å². The molecular weight excluding hydrogens is 262 g/mol. The van der Waals surface area contributed by atoms with Crippen molar-refractivity contribution in [2.75, 3.05) is 14.1 Å². The first-order chi connectivity index (χ1) is 10.1. The Morgan fingerprint density at radius 2 is 1.62 bits per heavy atom. The first-order valence-corrected chi connectivity index (χ1v) is 7.61. The fraction of sp³-hybridized carbons (Fsp3) is 0.444. The highest BCUT2D eigenvalue weighted by Crippen LogP contribution is 2.32. The Bertz CT molecular complexity index is 523. The smallest absolute Gasteiger partial charge is 0.246 e. The van der Waals surface area contributed by atoms with Crippen LogP contribution in [-0.4, -0.2) is 30.7 Å². The van der Waals surface area contributed by atoms with E-state index < -0.39 is 0 Å². The van der Waals surface area contributed by atoms with Gasteiger partial charge in [-0.3, -0.25) is 9.59 Å². The molecule has 0 N–H and O–H groups in total. The maximum atomic E-state index is 12.0. The van der Waals surface area contributed by atoms with Gasteiger partial charge in [0.1, 0.15) is 0 Å². The molecule has 0 saturated heterocycles. The fourth-order valence-corrected chi connectivity index (χ4v) is 2.75. The lowest BCUT2D eigenvalue weighted by Crippen LogP contribution is -2.19. The highest BCUT2D eigenvalue weighted by Gasteiger charge is 2.15. The molecule has 3 nitrogen and oxygen atoms in total. The highest BCUT2D eigenvalue weighted by molar-refractivity contribution is 6.07. The molecule has 0 aliphatic heterocycles. The van der Waals surface area contributed by atoms with Crippen molar-refractivity contribution in [2.24, 2.45) is 0 Å². The minimum atomic E-state index is -0.179. The summed E-state index contributed by atoms with van der Waals surface area (Å²) in [6.45, 7) is 0. The number of nitrogens with zero attached hydrogens (tertiary/aromatic N) is 1. The van der Waals surface area contributed by atoms with Crippen LogP contribution in [0.1, 0.15) is 53.9 Å². The molecule has 1 aliphatic carbocycles. The van der Waals surface area contributed by atoms with Crippen LogP contribution in [0.5, 0.6) is 0 Å². The summed E-state index contributed by atoms with van der Waals surface area (Å²) >= 11 is 0. The predicted octanol–water partition coefficient (Wildman–Crippen LogP) is 3.56. The van der Waals surface area contributed by atoms with Crippen LogP contribution in [0.15, 0.2) is 36.4 Å². The Hall–Kier alpha value is -1.90. The molecule has 2 rings (SSSR count). The third-order valence-corrected chi connectivity index (χ3v) is 4.09. The number of benzene rings is 1. The second-order valence-corrected chi connectivity index (χ2v) is 5.89. The van der Waals surface area contributed by atoms with Gasteiger partial charge in [0, 0.05) is 25.7 Å². The van der Waals surface area contributed by atoms with Crippen LogP contribution in [0.3, 0.4) is 0 Å². The quantitative estimate of drug-likeness (QED) is 0.626. The summed E-state index contributed by atoms with van der Waals surface area (Å²) in [5.41, 5.74) is 1.97. The molecule has 0 aromatic heterocycles. The van der Waals surface area contributed by atoms with Crippen LogP contribution >= 0.6 is 0 Å². The minimum Gasteiger partial charge on any atom is -0.345 e. The predicted molar refractivity (Wildman–Crippen MR) is 84.4 cm³/mol. The Labute approximate surface area is 126 Å². The Kier molecular flexibility index (Phi) is 5.32. The Morgan fingerprint density at radius 1 is 1.00 bits per heavy atom. The number of allylic oxidation sites excluding steroid dienone is 1. The molecule has 0 radical (unpaired) electrons. The van der Waals surface area contributed by atoms with E-state index in [0.717, 1.165) is 0 Å². The number of hydrogen-bond acceptors (Lipinski definition) is 2. The lowest BCUT2D eigenvalue weighted by atomic mass is 9.84. The van der Waals surface area contributed by atoms with E-state index in [-0.39, 0.29) is 11.7 Å². The topological polar surface area (TPSA) is 37.4 Å². The van der Waals surface area contributed by atoms with Gasteiger partial charge in [-0.05, 0) is 30.4 Å². The van der Waals surface area contributed by atoms with Gasteiger partial charge in [0.25, 0.3) is 0 Å². The number of carbonyl (C=O) groups excluding carboxylic acids is 2. The van der Waals surface area contributed by atoms with E-state index in [1.807, 2.05) is 12.1 Å². The Morgan fingerprint density at radius 3 is 2.19 bits per heavy atom. The molecule has 1 amide bonds. The van der Waals surface area contributed by atoms with Crippen molar-refractivity contribution in [3.05, 3.63) is 47.5 Å². The van der Waals surface area contributed by atoms with E-state index in [1.165, 1.54) is 54.7 Å². The third kappa shape index (κ3) is 4.28. The number of hydrogen-bond donors (Lipinski definition) is 0. The number of amides is 1. The summed E-state index contributed by atoms with van der Waals surface area (Å²) < 4.78 is 0. The molecule has 1 aromatic carbocycles. The summed E-state index contributed by atoms with van der Waals surface area (Å²) in [6.07, 6.45) is 9.13. The first kappa shape index (κ1) is 15.5. The second-order valence-electron chi connectivity index (χ2n) is 5.89. The average Bonchev–Trinajstić information content (AvgIpc) is 2.53. The van der Waals surface area contributed by atoms with Gasteiger partial charge in [-0.2, -0.15) is 0 Å². The lowest BCUT2D eigenvalue weighted by Gasteiger charge is -2.21. The van der Waals surface area contributed by atoms with Gasteiger partial charge in [-0.1, -0.05) is 43.5 Å². The second kappa shape index (κ2) is 7.21. The van der Waals surface area contributed by atoms with Gasteiger partial charge < -0.3 is 4.90 Å². The largest absolute Gasteiger partial charge is 0.345 e. The third-order valence-electron chi connectivity index (χ3n) is 4.09. The highest BCUT2D eigenvalue weighted by atomic mass is 16.2. The maximum absolute atomic E-state index is 12.0. The molecule has 0 heterocycles. The molecular formula is C18H23NO2. The van der Waals surface area contributed by atoms with Crippen LogP contribution in [0.2, 0.25) is 0 Å². The zero-order chi connectivity index (χ0) is 15.2. The van der Waals surface area contributed by atoms with Crippen molar-refractivity contribution in [3.63, 3.8) is 0 Å². The van der Waals surface area contributed by atoms with Crippen molar-refractivity contribution in [1.29, 1.82) is 0 Å². The molecule has 1 fully saturated rings. The molecule has 112 valence electrons. The molecule has 21 heavy (non-hydrogen) atoms. The normalized spacial score (nSPS) is 16.1. The van der Waals surface area contributed by atoms with Crippen LogP contribution in [-0.2, 0) is 4.79 Å². The summed E-state index contributed by atoms with van der Waals surface area (Å²) in [4.78, 5) is 24.9. The zero-order valence-corrected chi connectivity index (χ0v) is 12.8. The van der Waals surface area contributed by atoms with E-state index in [2.05, 4.69) is 12.1 Å². The Balaban J connectivity index is 2.01. The number of rotatable bonds is 4. The monoisotopic (exact) mass is 285 g/mol. The SMILES string of the molecule is CN(C)C(=O)/C=C/C(=O)c1ccc(C2CCCCC2)cc1. The zero-order valence-electron chi connectivity index (χ0n) is 12.8. The van der Waals surface area contributed by atoms with Gasteiger partial charge in [-0.25, -0.2) is 0 Å². The molecule has 3 heteroatoms. The number of ketones is 1. The summed E-state index contributed by atoms with van der Waals surface area (Å²) in [7, 11) is 3.33. The minimum absolute atomic E-state index is 0.125. The van der Waals surface area contributed by atoms with Crippen LogP contribution in [0, 0.1) is 0 Å². The average molecular weight is 285 g/mol. The van der Waals surface area contributed by atoms with E-state index >= 15 is 0 Å². The van der Waals surface area contributed by atoms with E-state index in [9.17, 15) is 9.59 Å². The summed E-state index contributed by atoms with van der Waals surface area (Å²) in [5, 5.41) is 0. The van der Waals surface area contributed by atoms with Gasteiger partial charge >= 0.3 is 0 Å². The fourth-order valence-electron chi connectivity index (χ4n) is 2.75. The van der Waals surface area contributed by atoms with Crippen molar-refractivity contribution >= 4 is 11.7 Å². The summed E-state index contributed by atoms with van der Waals surface area (Å²) in [5.74, 6) is 0.344. The lowest BCUT2D eigenvalue weighted by molar-refractivity contribution is -0.123. The van der Waals surface area contributed by atoms with Gasteiger partial charge in [0.15, 0.2) is 5.78 Å². The van der Waals surface area contributed by atoms with E-state index in [1.54, 1.807) is 14.1 Å². The molecule has 1 aromatic rings. The van der Waals surface area contributed by atoms with Crippen molar-refractivity contribution in [1.82, 2.24) is 4.90 Å². The van der Waals surface area contributed by atoms with Gasteiger partial charge in [0.2, 0.25) is 5.91 Å². The molecule has 1 saturated carbocycles. The molecule has 0 bridgehead atoms. The van der Waals surface area contributed by atoms with Crippen molar-refractivity contribution in [3.8, 4) is 0 Å². The van der Waals surface area contributed by atoms with Crippen LogP contribution in [0.4, 0.5) is 0 Å². The molecule has 1 aliphatic rings. The first-order valence-electron chi connectivity index (χ1n) is 7.61. The van der Waals surface area contributed by atoms with Gasteiger partial charge in [0.05, 0.1) is 0 Å².